The molecule has 2 heterocycles. The van der Waals surface area contributed by atoms with Gasteiger partial charge in [-0.15, -0.1) is 0 Å². The molecule has 0 unspecified atom stereocenters. The van der Waals surface area contributed by atoms with Gasteiger partial charge >= 0.3 is 0 Å². The van der Waals surface area contributed by atoms with E-state index in [9.17, 15) is 0 Å². The maximum Gasteiger partial charge on any atom is 0.141 e. The van der Waals surface area contributed by atoms with E-state index in [1.165, 1.54) is 5.56 Å². The molecule has 0 saturated carbocycles. The average molecular weight is 210 g/mol. The largest absolute Gasteiger partial charge is 0.382 e. The monoisotopic (exact) mass is 210 g/mol. The number of nitrogens with zero attached hydrogens (tertiary/aromatic N) is 2. The summed E-state index contributed by atoms with van der Waals surface area (Å²) in [5.74, 6) is 2.22. The molecule has 0 fully saturated rings. The fourth-order valence-corrected chi connectivity index (χ4v) is 2.76. The lowest BCUT2D eigenvalue weighted by molar-refractivity contribution is 0.643. The number of nitrogens with one attached hydrogen (secondary N) is 1. The highest BCUT2D eigenvalue weighted by molar-refractivity contribution is 7.98. The number of fused-ring (bicyclic) bond motifs is 1. The summed E-state index contributed by atoms with van der Waals surface area (Å²) in [6, 6.07) is 0. The predicted octanol–water partition coefficient (Wildman–Crippen LogP) is 0.976. The molecule has 0 aliphatic carbocycles. The lowest BCUT2D eigenvalue weighted by atomic mass is 10.1. The Labute approximate surface area is 87.4 Å². The van der Waals surface area contributed by atoms with E-state index in [1.807, 2.05) is 23.4 Å². The molecule has 1 aromatic heterocycles. The van der Waals surface area contributed by atoms with Gasteiger partial charge in [0.25, 0.3) is 0 Å². The van der Waals surface area contributed by atoms with Crippen molar-refractivity contribution in [2.24, 2.45) is 5.73 Å². The van der Waals surface area contributed by atoms with Crippen LogP contribution in [-0.4, -0.2) is 21.4 Å². The Hall–Kier alpha value is -0.970. The first-order valence-electron chi connectivity index (χ1n) is 4.74. The van der Waals surface area contributed by atoms with Gasteiger partial charge in [-0.1, -0.05) is 0 Å². The SMILES string of the molecule is CCn1nc2c(c1C(=N)N)CSCC2. The normalized spacial score (nSPS) is 15.2. The van der Waals surface area contributed by atoms with Crippen LogP contribution in [0.5, 0.6) is 0 Å². The van der Waals surface area contributed by atoms with Gasteiger partial charge < -0.3 is 5.73 Å². The van der Waals surface area contributed by atoms with Crippen LogP contribution in [0.1, 0.15) is 23.9 Å². The molecule has 5 heteroatoms. The zero-order valence-electron chi connectivity index (χ0n) is 8.21. The van der Waals surface area contributed by atoms with Crippen LogP contribution in [0, 0.1) is 5.41 Å². The summed E-state index contributed by atoms with van der Waals surface area (Å²) in [5.41, 5.74) is 8.71. The third-order valence-corrected chi connectivity index (χ3v) is 3.40. The van der Waals surface area contributed by atoms with Crippen molar-refractivity contribution in [3.05, 3.63) is 17.0 Å². The Morgan fingerprint density at radius 1 is 1.71 bits per heavy atom. The Bertz CT molecular complexity index is 369. The topological polar surface area (TPSA) is 67.7 Å². The summed E-state index contributed by atoms with van der Waals surface area (Å²) >= 11 is 1.89. The van der Waals surface area contributed by atoms with Gasteiger partial charge in [0.2, 0.25) is 0 Å². The molecule has 0 saturated heterocycles. The molecule has 0 bridgehead atoms. The molecule has 0 spiro atoms. The van der Waals surface area contributed by atoms with Crippen LogP contribution >= 0.6 is 11.8 Å². The number of nitrogens with two attached hydrogens (primary N) is 1. The first-order chi connectivity index (χ1) is 6.74. The molecule has 76 valence electrons. The Kier molecular flexibility index (Phi) is 2.50. The van der Waals surface area contributed by atoms with Crippen LogP contribution in [0.3, 0.4) is 0 Å². The minimum Gasteiger partial charge on any atom is -0.382 e. The Morgan fingerprint density at radius 3 is 3.14 bits per heavy atom. The highest BCUT2D eigenvalue weighted by atomic mass is 32.2. The Balaban J connectivity index is 2.53. The van der Waals surface area contributed by atoms with Gasteiger partial charge in [0.1, 0.15) is 11.5 Å². The van der Waals surface area contributed by atoms with Crippen molar-refractivity contribution in [1.82, 2.24) is 9.78 Å². The van der Waals surface area contributed by atoms with Crippen LogP contribution in [0.4, 0.5) is 0 Å². The molecule has 0 aromatic carbocycles. The zero-order chi connectivity index (χ0) is 10.1. The highest BCUT2D eigenvalue weighted by Crippen LogP contribution is 2.26. The molecule has 3 N–H and O–H groups in total. The smallest absolute Gasteiger partial charge is 0.141 e. The number of hydrogen-bond donors (Lipinski definition) is 2. The second kappa shape index (κ2) is 3.65. The molecule has 0 radical (unpaired) electrons. The minimum atomic E-state index is 0.142. The minimum absolute atomic E-state index is 0.142. The quantitative estimate of drug-likeness (QED) is 0.564. The lowest BCUT2D eigenvalue weighted by Crippen LogP contribution is -2.19. The fourth-order valence-electron chi connectivity index (χ4n) is 1.77. The van der Waals surface area contributed by atoms with Crippen molar-refractivity contribution < 1.29 is 0 Å². The fraction of sp³-hybridized carbons (Fsp3) is 0.556. The number of rotatable bonds is 2. The molecular weight excluding hydrogens is 196 g/mol. The summed E-state index contributed by atoms with van der Waals surface area (Å²) in [4.78, 5) is 0. The van der Waals surface area contributed by atoms with Crippen molar-refractivity contribution >= 4 is 17.6 Å². The van der Waals surface area contributed by atoms with Gasteiger partial charge in [-0.25, -0.2) is 0 Å². The molecule has 4 nitrogen and oxygen atoms in total. The van der Waals surface area contributed by atoms with Crippen LogP contribution < -0.4 is 5.73 Å². The average Bonchev–Trinajstić information content (AvgIpc) is 2.55. The van der Waals surface area contributed by atoms with Crippen molar-refractivity contribution in [2.45, 2.75) is 25.6 Å². The number of aromatic nitrogens is 2. The second-order valence-corrected chi connectivity index (χ2v) is 4.41. The Morgan fingerprint density at radius 2 is 2.50 bits per heavy atom. The number of aryl methyl sites for hydroxylation is 2. The van der Waals surface area contributed by atoms with Crippen molar-refractivity contribution in [2.75, 3.05) is 5.75 Å². The number of nitrogen functional groups attached to an aromatic ring is 1. The van der Waals surface area contributed by atoms with Gasteiger partial charge in [0.15, 0.2) is 0 Å². The summed E-state index contributed by atoms with van der Waals surface area (Å²) in [6.45, 7) is 2.81. The molecule has 0 atom stereocenters. The first-order valence-corrected chi connectivity index (χ1v) is 5.90. The van der Waals surface area contributed by atoms with E-state index in [4.69, 9.17) is 11.1 Å². The highest BCUT2D eigenvalue weighted by Gasteiger charge is 2.21. The van der Waals surface area contributed by atoms with E-state index in [2.05, 4.69) is 5.10 Å². The van der Waals surface area contributed by atoms with E-state index in [1.54, 1.807) is 0 Å². The molecule has 2 rings (SSSR count). The number of thioether (sulfide) groups is 1. The first kappa shape index (κ1) is 9.58. The molecular formula is C9H14N4S. The molecule has 1 aliphatic heterocycles. The van der Waals surface area contributed by atoms with Crippen molar-refractivity contribution in [3.8, 4) is 0 Å². The van der Waals surface area contributed by atoms with E-state index in [-0.39, 0.29) is 5.84 Å². The lowest BCUT2D eigenvalue weighted by Gasteiger charge is -2.10. The van der Waals surface area contributed by atoms with Gasteiger partial charge in [0, 0.05) is 24.3 Å². The van der Waals surface area contributed by atoms with E-state index < -0.39 is 0 Å². The van der Waals surface area contributed by atoms with E-state index in [0.717, 1.165) is 35.9 Å². The summed E-state index contributed by atoms with van der Waals surface area (Å²) < 4.78 is 1.85. The van der Waals surface area contributed by atoms with E-state index >= 15 is 0 Å². The predicted molar refractivity (Wildman–Crippen MR) is 58.8 cm³/mol. The van der Waals surface area contributed by atoms with Crippen LogP contribution in [0.15, 0.2) is 0 Å². The number of hydrogen-bond acceptors (Lipinski definition) is 3. The van der Waals surface area contributed by atoms with Crippen molar-refractivity contribution in [1.29, 1.82) is 5.41 Å². The summed E-state index contributed by atoms with van der Waals surface area (Å²) in [5, 5.41) is 12.0. The standard InChI is InChI=1S/C9H14N4S/c1-2-13-8(9(10)11)6-5-14-4-3-7(6)12-13/h2-5H2,1H3,(H3,10,11). The van der Waals surface area contributed by atoms with Gasteiger partial charge in [-0.2, -0.15) is 16.9 Å². The number of amidine groups is 1. The maximum atomic E-state index is 7.54. The van der Waals surface area contributed by atoms with Crippen LogP contribution in [0.25, 0.3) is 0 Å². The van der Waals surface area contributed by atoms with Crippen molar-refractivity contribution in [3.63, 3.8) is 0 Å². The van der Waals surface area contributed by atoms with Gasteiger partial charge in [-0.3, -0.25) is 10.1 Å². The molecule has 1 aromatic rings. The van der Waals surface area contributed by atoms with E-state index in [0.29, 0.717) is 0 Å². The second-order valence-electron chi connectivity index (χ2n) is 3.31. The molecule has 14 heavy (non-hydrogen) atoms. The maximum absolute atomic E-state index is 7.54. The third-order valence-electron chi connectivity index (χ3n) is 2.42. The van der Waals surface area contributed by atoms with Gasteiger partial charge in [0.05, 0.1) is 5.69 Å². The van der Waals surface area contributed by atoms with Crippen LogP contribution in [0.2, 0.25) is 0 Å². The molecule has 0 amide bonds. The summed E-state index contributed by atoms with van der Waals surface area (Å²) in [7, 11) is 0. The zero-order valence-corrected chi connectivity index (χ0v) is 9.02. The molecule has 1 aliphatic rings. The third kappa shape index (κ3) is 1.41. The summed E-state index contributed by atoms with van der Waals surface area (Å²) in [6.07, 6.45) is 1.01. The van der Waals surface area contributed by atoms with Crippen LogP contribution in [-0.2, 0) is 18.7 Å². The van der Waals surface area contributed by atoms with Gasteiger partial charge in [-0.05, 0) is 12.7 Å².